The zero-order chi connectivity index (χ0) is 13.7. The van der Waals surface area contributed by atoms with Gasteiger partial charge in [-0.25, -0.2) is 4.98 Å². The fraction of sp³-hybridized carbons (Fsp3) is 0.231. The number of rotatable bonds is 4. The van der Waals surface area contributed by atoms with E-state index in [1.807, 2.05) is 25.1 Å². The highest BCUT2D eigenvalue weighted by atomic mass is 35.5. The molecule has 4 nitrogen and oxygen atoms in total. The van der Waals surface area contributed by atoms with Crippen LogP contribution in [0.2, 0.25) is 5.02 Å². The lowest BCUT2D eigenvalue weighted by atomic mass is 10.2. The third kappa shape index (κ3) is 4.67. The molecule has 0 bridgehead atoms. The van der Waals surface area contributed by atoms with Gasteiger partial charge in [0.1, 0.15) is 0 Å². The van der Waals surface area contributed by atoms with Gasteiger partial charge in [-0.05, 0) is 36.8 Å². The third-order valence-corrected chi connectivity index (χ3v) is 3.41. The van der Waals surface area contributed by atoms with Crippen molar-refractivity contribution in [1.82, 2.24) is 15.3 Å². The highest BCUT2D eigenvalue weighted by Crippen LogP contribution is 2.22. The van der Waals surface area contributed by atoms with Crippen LogP contribution < -0.4 is 10.6 Å². The topological polar surface area (TPSA) is 52.7 Å². The average Bonchev–Trinajstić information content (AvgIpc) is 2.88. The Balaban J connectivity index is 0.00000200. The van der Waals surface area contributed by atoms with Crippen molar-refractivity contribution in [2.75, 3.05) is 11.9 Å². The highest BCUT2D eigenvalue weighted by molar-refractivity contribution is 7.80. The van der Waals surface area contributed by atoms with Crippen molar-refractivity contribution in [2.24, 2.45) is 0 Å². The molecule has 0 saturated heterocycles. The molecule has 0 amide bonds. The molecule has 1 aromatic heterocycles. The van der Waals surface area contributed by atoms with Crippen LogP contribution in [0.25, 0.3) is 0 Å². The van der Waals surface area contributed by atoms with E-state index in [2.05, 4.69) is 20.6 Å². The van der Waals surface area contributed by atoms with Crippen LogP contribution in [-0.2, 0) is 6.42 Å². The van der Waals surface area contributed by atoms with E-state index >= 15 is 0 Å². The molecule has 0 unspecified atom stereocenters. The SMILES string of the molecule is Cc1c(Cl)cccc1NC(=S)NCCc1cnc[nH]1.Cl. The van der Waals surface area contributed by atoms with Crippen LogP contribution in [0.4, 0.5) is 5.69 Å². The molecule has 7 heteroatoms. The maximum absolute atomic E-state index is 6.05. The molecule has 0 fully saturated rings. The van der Waals surface area contributed by atoms with Gasteiger partial charge in [0.25, 0.3) is 0 Å². The molecule has 2 rings (SSSR count). The van der Waals surface area contributed by atoms with Crippen molar-refractivity contribution in [1.29, 1.82) is 0 Å². The largest absolute Gasteiger partial charge is 0.362 e. The van der Waals surface area contributed by atoms with Crippen molar-refractivity contribution >= 4 is 47.0 Å². The fourth-order valence-electron chi connectivity index (χ4n) is 1.64. The first-order chi connectivity index (χ1) is 9.16. The number of imidazole rings is 1. The first-order valence-electron chi connectivity index (χ1n) is 5.94. The number of thiocarbonyl (C=S) groups is 1. The van der Waals surface area contributed by atoms with E-state index in [0.717, 1.165) is 34.9 Å². The molecule has 0 aliphatic rings. The summed E-state index contributed by atoms with van der Waals surface area (Å²) >= 11 is 11.3. The summed E-state index contributed by atoms with van der Waals surface area (Å²) in [5.74, 6) is 0. The van der Waals surface area contributed by atoms with E-state index in [-0.39, 0.29) is 12.4 Å². The summed E-state index contributed by atoms with van der Waals surface area (Å²) in [6.07, 6.45) is 4.32. The standard InChI is InChI=1S/C13H15ClN4S.ClH/c1-9-11(14)3-2-4-12(9)18-13(19)16-6-5-10-7-15-8-17-10;/h2-4,7-8H,5-6H2,1H3,(H,15,17)(H2,16,18,19);1H. The number of H-pyrrole nitrogens is 1. The second-order valence-electron chi connectivity index (χ2n) is 4.12. The van der Waals surface area contributed by atoms with Crippen LogP contribution in [0.3, 0.4) is 0 Å². The molecule has 0 aliphatic heterocycles. The second-order valence-corrected chi connectivity index (χ2v) is 4.94. The van der Waals surface area contributed by atoms with Crippen LogP contribution >= 0.6 is 36.2 Å². The maximum atomic E-state index is 6.05. The van der Waals surface area contributed by atoms with Crippen molar-refractivity contribution < 1.29 is 0 Å². The van der Waals surface area contributed by atoms with Gasteiger partial charge < -0.3 is 15.6 Å². The molecule has 0 aliphatic carbocycles. The van der Waals surface area contributed by atoms with Gasteiger partial charge in [-0.3, -0.25) is 0 Å². The van der Waals surface area contributed by atoms with Crippen LogP contribution in [0.15, 0.2) is 30.7 Å². The Bertz CT molecular complexity index is 558. The van der Waals surface area contributed by atoms with E-state index in [4.69, 9.17) is 23.8 Å². The summed E-state index contributed by atoms with van der Waals surface area (Å²) in [7, 11) is 0. The zero-order valence-corrected chi connectivity index (χ0v) is 13.3. The Morgan fingerprint density at radius 3 is 2.95 bits per heavy atom. The molecular formula is C13H16Cl2N4S. The monoisotopic (exact) mass is 330 g/mol. The van der Waals surface area contributed by atoms with Gasteiger partial charge in [0.15, 0.2) is 5.11 Å². The smallest absolute Gasteiger partial charge is 0.170 e. The molecule has 0 saturated carbocycles. The maximum Gasteiger partial charge on any atom is 0.170 e. The lowest BCUT2D eigenvalue weighted by Gasteiger charge is -2.12. The lowest BCUT2D eigenvalue weighted by Crippen LogP contribution is -2.30. The molecule has 0 spiro atoms. The minimum atomic E-state index is 0. The Morgan fingerprint density at radius 2 is 2.25 bits per heavy atom. The Labute approximate surface area is 134 Å². The Kier molecular flexibility index (Phi) is 6.78. The first-order valence-corrected chi connectivity index (χ1v) is 6.72. The predicted molar refractivity (Wildman–Crippen MR) is 90.0 cm³/mol. The molecule has 2 aromatic rings. The number of hydrogen-bond donors (Lipinski definition) is 3. The van der Waals surface area contributed by atoms with Crippen molar-refractivity contribution in [3.8, 4) is 0 Å². The van der Waals surface area contributed by atoms with Gasteiger partial charge in [-0.1, -0.05) is 17.7 Å². The number of nitrogens with one attached hydrogen (secondary N) is 3. The van der Waals surface area contributed by atoms with E-state index in [1.54, 1.807) is 12.5 Å². The molecular weight excluding hydrogens is 315 g/mol. The van der Waals surface area contributed by atoms with Crippen LogP contribution in [0.1, 0.15) is 11.3 Å². The number of benzene rings is 1. The van der Waals surface area contributed by atoms with Gasteiger partial charge in [-0.15, -0.1) is 12.4 Å². The first kappa shape index (κ1) is 16.8. The molecule has 108 valence electrons. The summed E-state index contributed by atoms with van der Waals surface area (Å²) in [5, 5.41) is 7.60. The van der Waals surface area contributed by atoms with E-state index in [9.17, 15) is 0 Å². The van der Waals surface area contributed by atoms with Gasteiger partial charge in [-0.2, -0.15) is 0 Å². The zero-order valence-electron chi connectivity index (χ0n) is 10.9. The number of halogens is 2. The third-order valence-electron chi connectivity index (χ3n) is 2.75. The Morgan fingerprint density at radius 1 is 1.45 bits per heavy atom. The minimum absolute atomic E-state index is 0. The molecule has 1 aromatic carbocycles. The summed E-state index contributed by atoms with van der Waals surface area (Å²) in [5.41, 5.74) is 2.99. The van der Waals surface area contributed by atoms with Crippen molar-refractivity contribution in [2.45, 2.75) is 13.3 Å². The normalized spacial score (nSPS) is 9.70. The highest BCUT2D eigenvalue weighted by Gasteiger charge is 2.03. The fourth-order valence-corrected chi connectivity index (χ4v) is 2.03. The molecule has 20 heavy (non-hydrogen) atoms. The van der Waals surface area contributed by atoms with E-state index in [0.29, 0.717) is 5.11 Å². The summed E-state index contributed by atoms with van der Waals surface area (Å²) in [4.78, 5) is 7.01. The minimum Gasteiger partial charge on any atom is -0.362 e. The summed E-state index contributed by atoms with van der Waals surface area (Å²) in [6.45, 7) is 2.70. The van der Waals surface area contributed by atoms with Crippen LogP contribution in [0, 0.1) is 6.92 Å². The number of aromatic amines is 1. The quantitative estimate of drug-likeness (QED) is 0.753. The van der Waals surface area contributed by atoms with Crippen LogP contribution in [0.5, 0.6) is 0 Å². The summed E-state index contributed by atoms with van der Waals surface area (Å²) < 4.78 is 0. The number of anilines is 1. The van der Waals surface area contributed by atoms with Gasteiger partial charge >= 0.3 is 0 Å². The lowest BCUT2D eigenvalue weighted by molar-refractivity contribution is 0.853. The molecule has 0 radical (unpaired) electrons. The Hall–Kier alpha value is -1.30. The average molecular weight is 331 g/mol. The van der Waals surface area contributed by atoms with E-state index < -0.39 is 0 Å². The molecule has 3 N–H and O–H groups in total. The summed E-state index contributed by atoms with van der Waals surface area (Å²) in [6, 6.07) is 5.70. The van der Waals surface area contributed by atoms with Crippen molar-refractivity contribution in [3.63, 3.8) is 0 Å². The molecule has 0 atom stereocenters. The van der Waals surface area contributed by atoms with Crippen molar-refractivity contribution in [3.05, 3.63) is 47.0 Å². The molecule has 1 heterocycles. The number of nitrogens with zero attached hydrogens (tertiary/aromatic N) is 1. The van der Waals surface area contributed by atoms with Gasteiger partial charge in [0, 0.05) is 35.6 Å². The predicted octanol–water partition coefficient (Wildman–Crippen LogP) is 3.32. The van der Waals surface area contributed by atoms with Crippen LogP contribution in [-0.4, -0.2) is 21.6 Å². The number of hydrogen-bond acceptors (Lipinski definition) is 2. The van der Waals surface area contributed by atoms with Gasteiger partial charge in [0.05, 0.1) is 6.33 Å². The van der Waals surface area contributed by atoms with E-state index in [1.165, 1.54) is 0 Å². The van der Waals surface area contributed by atoms with Gasteiger partial charge in [0.2, 0.25) is 0 Å². The number of aromatic nitrogens is 2. The second kappa shape index (κ2) is 8.09.